The lowest BCUT2D eigenvalue weighted by molar-refractivity contribution is -0.128. The van der Waals surface area contributed by atoms with Crippen LogP contribution in [0.4, 0.5) is 21.6 Å². The number of nitrogens with one attached hydrogen (secondary N) is 2. The topological polar surface area (TPSA) is 304 Å². The van der Waals surface area contributed by atoms with Gasteiger partial charge >= 0.3 is 18.2 Å². The van der Waals surface area contributed by atoms with E-state index in [1.54, 1.807) is 65.8 Å². The third-order valence-electron chi connectivity index (χ3n) is 24.9. The van der Waals surface area contributed by atoms with E-state index in [4.69, 9.17) is 72.6 Å². The first-order chi connectivity index (χ1) is 68.6. The second kappa shape index (κ2) is 56.9. The van der Waals surface area contributed by atoms with Crippen LogP contribution in [0, 0.1) is 35.5 Å². The van der Waals surface area contributed by atoms with E-state index in [1.807, 2.05) is 174 Å². The van der Waals surface area contributed by atoms with E-state index < -0.39 is 22.6 Å². The number of aromatic carboxylic acids is 1. The maximum absolute atomic E-state index is 14.3. The number of carboxylic acids is 1. The number of halogens is 4. The number of hydrogen-bond acceptors (Lipinski definition) is 21. The van der Waals surface area contributed by atoms with Crippen LogP contribution >= 0.6 is 50.7 Å². The number of aryl methyl sites for hydroxylation is 2. The molecule has 0 spiro atoms. The highest BCUT2D eigenvalue weighted by Crippen LogP contribution is 2.41. The van der Waals surface area contributed by atoms with Crippen LogP contribution < -0.4 is 20.4 Å². The molecule has 3 N–H and O–H groups in total. The minimum absolute atomic E-state index is 0. The Morgan fingerprint density at radius 3 is 1.26 bits per heavy atom. The number of nitrogens with zero attached hydrogens (tertiary/aromatic N) is 14. The molecule has 27 nitrogen and oxygen atoms in total. The lowest BCUT2D eigenvalue weighted by atomic mass is 9.74. The fourth-order valence-electron chi connectivity index (χ4n) is 18.6. The van der Waals surface area contributed by atoms with Crippen molar-refractivity contribution in [3.05, 3.63) is 352 Å². The number of anilines is 2. The molecule has 9 aromatic carbocycles. The number of Topliss-reactive ketones (excluding diaryl/α,β-unsaturated/α-hetero) is 1. The largest absolute Gasteiger partial charge is 0.478 e. The highest BCUT2D eigenvalue weighted by atomic mass is 79.9. The minimum Gasteiger partial charge on any atom is -0.478 e. The van der Waals surface area contributed by atoms with Gasteiger partial charge in [0, 0.05) is 145 Å². The number of carboxylic acid groups (broad SMARTS) is 1. The molecule has 4 fully saturated rings. The van der Waals surface area contributed by atoms with Crippen molar-refractivity contribution in [1.29, 1.82) is 0 Å². The quantitative estimate of drug-likeness (QED) is 0.0531. The monoisotopic (exact) mass is 2150 g/mol. The maximum Gasteiger partial charge on any atom is 0.410 e. The molecular formula is C118H150BrCl3N16O11. The Balaban J connectivity index is 0.000000250. The Kier molecular flexibility index (Phi) is 46.8. The molecule has 796 valence electrons. The van der Waals surface area contributed by atoms with Gasteiger partial charge in [-0.25, -0.2) is 19.4 Å². The third kappa shape index (κ3) is 34.6. The average molecular weight is 2150 g/mol. The van der Waals surface area contributed by atoms with Crippen molar-refractivity contribution in [2.75, 3.05) is 101 Å². The summed E-state index contributed by atoms with van der Waals surface area (Å²) in [6.45, 7) is 40.7. The molecule has 5 aromatic heterocycles. The average Bonchev–Trinajstić information content (AvgIpc) is 1.64. The molecule has 0 unspecified atom stereocenters. The fourth-order valence-corrected chi connectivity index (χ4v) is 19.4. The number of fused-ring (bicyclic) bond motifs is 3. The maximum atomic E-state index is 14.3. The second-order valence-corrected chi connectivity index (χ2v) is 40.9. The van der Waals surface area contributed by atoms with E-state index >= 15 is 0 Å². The summed E-state index contributed by atoms with van der Waals surface area (Å²) in [7, 11) is 0. The number of hydrogen-bond donors (Lipinski definition) is 3. The first-order valence-electron chi connectivity index (χ1n) is 47.9. The molecule has 0 saturated carbocycles. The van der Waals surface area contributed by atoms with Gasteiger partial charge < -0.3 is 63.0 Å². The van der Waals surface area contributed by atoms with Gasteiger partial charge in [0.2, 0.25) is 0 Å². The molecule has 14 aromatic rings. The molecule has 4 saturated heterocycles. The standard InChI is InChI=1S/C32H31ClN6O2.C22H24ClN3O.C21H29NO3.C20H30N2O2.C10H9N3O2.C7H3BrClNO.6CH4/c1-3-13-32(20-24-7-5-4-6-8-24)21-37(30(40)26-18-23(2)9-11-28(26)39-34-14-15-35-39)16-17-38(22-32)31-36-27-19-25(33)10-12-29(27)41-31;1-2-10-22(14-17-6-4-3-5-7-17)15-24-11-12-26(16-22)21-25-19-13-18(23)8-9-20(19)27-21;1-5-13-21(15-17-10-7-6-8-11-17)16-22(14-9-12-18(21)23)19(24)25-20(2,3)4;1-5-11-20(14-17-9-7-6-8-10-17)15-21-12-13-22(16-20)18(23)24-19(2,3)4;1-7-2-3-9(8(6-7)10(14)15)13-11-4-5-12-13;8-7-10-5-3-4(9)1-2-6(5)11-7;;;;;;/h3-12,14-15,18-19H,1,13,16-17,20-22H2,2H3;2-9,13,24H,1,10-12,14-16H2;5-8,10-11H,1,9,12-16H2,2-4H3;5-10,21H,1,11-16H2,2-4H3;2-6H,1H3,(H,14,15);1-3H;6*1H4/t32-;22-;21-;20-;;;;;;;;/m0001......../s1. The Bertz CT molecular complexity index is 6620. The van der Waals surface area contributed by atoms with Crippen molar-refractivity contribution < 1.29 is 51.8 Å². The van der Waals surface area contributed by atoms with Gasteiger partial charge in [-0.3, -0.25) is 9.59 Å². The highest BCUT2D eigenvalue weighted by Gasteiger charge is 2.45. The van der Waals surface area contributed by atoms with Gasteiger partial charge in [-0.05, 0) is 214 Å². The van der Waals surface area contributed by atoms with Crippen LogP contribution in [-0.4, -0.2) is 197 Å². The Morgan fingerprint density at radius 1 is 0.436 bits per heavy atom. The van der Waals surface area contributed by atoms with Crippen molar-refractivity contribution in [2.45, 2.75) is 175 Å². The lowest BCUT2D eigenvalue weighted by Gasteiger charge is -2.37. The molecule has 4 aliphatic heterocycles. The van der Waals surface area contributed by atoms with E-state index in [1.165, 1.54) is 38.7 Å². The van der Waals surface area contributed by atoms with Crippen LogP contribution in [0.2, 0.25) is 15.1 Å². The molecule has 4 atom stereocenters. The van der Waals surface area contributed by atoms with Crippen molar-refractivity contribution >= 4 is 126 Å². The number of likely N-dealkylation sites (tertiary alicyclic amines) is 1. The Morgan fingerprint density at radius 2 is 0.812 bits per heavy atom. The number of rotatable bonds is 22. The zero-order chi connectivity index (χ0) is 102. The number of ether oxygens (including phenoxy) is 2. The molecule has 0 aliphatic carbocycles. The molecule has 0 bridgehead atoms. The molecule has 4 aliphatic rings. The smallest absolute Gasteiger partial charge is 0.410 e. The summed E-state index contributed by atoms with van der Waals surface area (Å²) in [6, 6.07) is 69.9. The van der Waals surface area contributed by atoms with Crippen LogP contribution in [0.25, 0.3) is 44.7 Å². The number of benzene rings is 9. The summed E-state index contributed by atoms with van der Waals surface area (Å²) in [6.07, 6.45) is 20.9. The summed E-state index contributed by atoms with van der Waals surface area (Å²) in [4.78, 5) is 90.1. The molecule has 3 amide bonds. The van der Waals surface area contributed by atoms with Crippen LogP contribution in [0.15, 0.2) is 306 Å². The number of allylic oxidation sites excluding steroid dienone is 4. The summed E-state index contributed by atoms with van der Waals surface area (Å²) < 4.78 is 28.6. The van der Waals surface area contributed by atoms with Gasteiger partial charge in [0.15, 0.2) is 16.7 Å². The van der Waals surface area contributed by atoms with Gasteiger partial charge in [-0.15, -0.1) is 26.3 Å². The van der Waals surface area contributed by atoms with Crippen LogP contribution in [0.3, 0.4) is 0 Å². The predicted molar refractivity (Wildman–Crippen MR) is 610 cm³/mol. The zero-order valence-corrected chi connectivity index (χ0v) is 86.3. The number of carbonyl (C=O) groups excluding carboxylic acids is 4. The predicted octanol–water partition coefficient (Wildman–Crippen LogP) is 27.2. The van der Waals surface area contributed by atoms with Crippen molar-refractivity contribution in [1.82, 2.24) is 70.3 Å². The summed E-state index contributed by atoms with van der Waals surface area (Å²) in [5, 5.41) is 34.5. The number of ketones is 1. The summed E-state index contributed by atoms with van der Waals surface area (Å²) >= 11 is 21.2. The van der Waals surface area contributed by atoms with Gasteiger partial charge in [0.25, 0.3) is 22.7 Å². The van der Waals surface area contributed by atoms with Crippen LogP contribution in [0.5, 0.6) is 0 Å². The number of oxazole rings is 3. The number of aromatic nitrogens is 9. The van der Waals surface area contributed by atoms with Crippen molar-refractivity contribution in [2.24, 2.45) is 21.7 Å². The molecule has 149 heavy (non-hydrogen) atoms. The van der Waals surface area contributed by atoms with Crippen LogP contribution in [0.1, 0.15) is 179 Å². The SMILES string of the molecule is C.C.C.C.C.C.C=CC[C@@]1(Cc2ccccc2)CNCCN(C(=O)OC(C)(C)C)C1.C=CC[C@]1(Cc2ccccc2)CN(C(=O)OC(C)(C)C)CCCC1=O.C=CC[C@]1(Cc2ccccc2)CN(C(=O)c2cc(C)ccc2-n2nccn2)CCN(c2nc3cc(Cl)ccc3o2)C1.C=CC[C@]1(Cc2ccccc2)CNCCN(c2nc3cc(Cl)ccc3o2)C1.Cc1ccc(-n2nccn2)c(C(=O)O)c1.Clc1ccc2oc(Br)nc2c1. The number of amides is 3. The minimum atomic E-state index is -0.981. The number of carbonyl (C=O) groups is 5. The molecule has 18 rings (SSSR count). The first kappa shape index (κ1) is 123. The van der Waals surface area contributed by atoms with Crippen LogP contribution in [-0.2, 0) is 40.0 Å². The first-order valence-corrected chi connectivity index (χ1v) is 49.9. The van der Waals surface area contributed by atoms with E-state index in [0.29, 0.717) is 144 Å². The molecular weight excluding hydrogens is 2000 g/mol. The van der Waals surface area contributed by atoms with Crippen molar-refractivity contribution in [3.63, 3.8) is 0 Å². The third-order valence-corrected chi connectivity index (χ3v) is 25.9. The van der Waals surface area contributed by atoms with E-state index in [2.05, 4.69) is 167 Å². The van der Waals surface area contributed by atoms with E-state index in [0.717, 1.165) is 110 Å². The van der Waals surface area contributed by atoms with Gasteiger partial charge in [-0.1, -0.05) is 248 Å². The fraction of sp³-hybridized carbons (Fsp3) is 0.373. The van der Waals surface area contributed by atoms with Gasteiger partial charge in [-0.2, -0.15) is 40.0 Å². The zero-order valence-electron chi connectivity index (χ0n) is 82.4. The summed E-state index contributed by atoms with van der Waals surface area (Å²) in [5.74, 6) is -0.831. The Hall–Kier alpha value is -13.4. The van der Waals surface area contributed by atoms with Gasteiger partial charge in [0.05, 0.1) is 47.0 Å². The molecule has 9 heterocycles. The van der Waals surface area contributed by atoms with E-state index in [-0.39, 0.29) is 90.2 Å². The van der Waals surface area contributed by atoms with E-state index in [9.17, 15) is 24.0 Å². The second-order valence-electron chi connectivity index (χ2n) is 38.9. The molecule has 0 radical (unpaired) electrons. The highest BCUT2D eigenvalue weighted by molar-refractivity contribution is 9.10. The summed E-state index contributed by atoms with van der Waals surface area (Å²) in [5.41, 5.74) is 11.1. The molecule has 31 heteroatoms. The van der Waals surface area contributed by atoms with Crippen molar-refractivity contribution in [3.8, 4) is 11.4 Å². The van der Waals surface area contributed by atoms with Gasteiger partial charge in [0.1, 0.15) is 39.2 Å². The normalized spacial score (nSPS) is 17.5. The Labute approximate surface area is 903 Å². The lowest BCUT2D eigenvalue weighted by Crippen LogP contribution is -2.46.